The van der Waals surface area contributed by atoms with Crippen LogP contribution in [0.2, 0.25) is 0 Å². The molecule has 2 aliphatic rings. The van der Waals surface area contributed by atoms with Crippen LogP contribution in [-0.2, 0) is 16.1 Å². The maximum absolute atomic E-state index is 13.5. The van der Waals surface area contributed by atoms with Gasteiger partial charge >= 0.3 is 0 Å². The number of nitrogens with zero attached hydrogens (tertiary/aromatic N) is 1. The van der Waals surface area contributed by atoms with Gasteiger partial charge in [0, 0.05) is 12.1 Å². The van der Waals surface area contributed by atoms with Crippen LogP contribution in [0.3, 0.4) is 0 Å². The number of carbonyl (C=O) groups excluding carboxylic acids is 2. The summed E-state index contributed by atoms with van der Waals surface area (Å²) in [5.74, 6) is 0.348. The SMILES string of the molecule is CCOc1ccc([C@@H]2/C(=C(\O)c3ccc4c(c3)OCCO4)C(=O)C(=O)N2Cc2ccccc2)cc1OCC. The zero-order valence-electron chi connectivity index (χ0n) is 21.3. The fraction of sp³-hybridized carbons (Fsp3) is 0.267. The van der Waals surface area contributed by atoms with E-state index >= 15 is 0 Å². The zero-order valence-corrected chi connectivity index (χ0v) is 21.3. The second kappa shape index (κ2) is 10.9. The highest BCUT2D eigenvalue weighted by molar-refractivity contribution is 6.46. The van der Waals surface area contributed by atoms with Gasteiger partial charge in [-0.3, -0.25) is 9.59 Å². The van der Waals surface area contributed by atoms with Gasteiger partial charge in [-0.05, 0) is 55.3 Å². The van der Waals surface area contributed by atoms with Gasteiger partial charge in [0.05, 0.1) is 24.8 Å². The number of benzene rings is 3. The normalized spacial score (nSPS) is 17.9. The van der Waals surface area contributed by atoms with E-state index in [4.69, 9.17) is 18.9 Å². The number of Topliss-reactive ketones (excluding diaryl/α,β-unsaturated/α-hetero) is 1. The molecule has 1 amide bonds. The molecular formula is C30H29NO7. The lowest BCUT2D eigenvalue weighted by atomic mass is 9.94. The number of carbonyl (C=O) groups is 2. The highest BCUT2D eigenvalue weighted by Crippen LogP contribution is 2.43. The van der Waals surface area contributed by atoms with Crippen molar-refractivity contribution in [1.29, 1.82) is 0 Å². The van der Waals surface area contributed by atoms with Gasteiger partial charge in [-0.2, -0.15) is 0 Å². The Balaban J connectivity index is 1.65. The summed E-state index contributed by atoms with van der Waals surface area (Å²) in [5.41, 5.74) is 1.82. The average Bonchev–Trinajstić information content (AvgIpc) is 3.19. The lowest BCUT2D eigenvalue weighted by Gasteiger charge is -2.26. The first-order valence-corrected chi connectivity index (χ1v) is 12.6. The Bertz CT molecular complexity index is 1380. The fourth-order valence-electron chi connectivity index (χ4n) is 4.75. The number of aliphatic hydroxyl groups excluding tert-OH is 1. The Labute approximate surface area is 221 Å². The van der Waals surface area contributed by atoms with Crippen molar-refractivity contribution in [3.8, 4) is 23.0 Å². The molecule has 1 atom stereocenters. The standard InChI is InChI=1S/C30H29NO7/c1-3-35-22-12-10-20(16-24(22)36-4-2)27-26(28(32)21-11-13-23-25(17-21)38-15-14-37-23)29(33)30(34)31(27)18-19-8-6-5-7-9-19/h5-13,16-17,27,32H,3-4,14-15,18H2,1-2H3/b28-26+/t27-/m1/s1. The molecule has 0 aliphatic carbocycles. The van der Waals surface area contributed by atoms with Gasteiger partial charge in [0.1, 0.15) is 19.0 Å². The molecule has 1 fully saturated rings. The molecule has 2 heterocycles. The van der Waals surface area contributed by atoms with Crippen molar-refractivity contribution < 1.29 is 33.6 Å². The molecule has 0 aromatic heterocycles. The van der Waals surface area contributed by atoms with Gasteiger partial charge < -0.3 is 29.0 Å². The first-order valence-electron chi connectivity index (χ1n) is 12.6. The summed E-state index contributed by atoms with van der Waals surface area (Å²) in [7, 11) is 0. The minimum absolute atomic E-state index is 0.00535. The van der Waals surface area contributed by atoms with Crippen molar-refractivity contribution in [2.75, 3.05) is 26.4 Å². The summed E-state index contributed by atoms with van der Waals surface area (Å²) in [6.07, 6.45) is 0. The van der Waals surface area contributed by atoms with Crippen molar-refractivity contribution >= 4 is 17.4 Å². The summed E-state index contributed by atoms with van der Waals surface area (Å²) in [5, 5.41) is 11.5. The molecule has 0 spiro atoms. The molecule has 1 saturated heterocycles. The smallest absolute Gasteiger partial charge is 0.295 e. The first-order chi connectivity index (χ1) is 18.5. The van der Waals surface area contributed by atoms with Crippen LogP contribution in [0.15, 0.2) is 72.3 Å². The number of aliphatic hydroxyl groups is 1. The number of ether oxygens (including phenoxy) is 4. The van der Waals surface area contributed by atoms with Gasteiger partial charge in [-0.25, -0.2) is 0 Å². The summed E-state index contributed by atoms with van der Waals surface area (Å²) >= 11 is 0. The third-order valence-corrected chi connectivity index (χ3v) is 6.43. The van der Waals surface area contributed by atoms with Crippen LogP contribution >= 0.6 is 0 Å². The van der Waals surface area contributed by atoms with E-state index in [0.717, 1.165) is 5.56 Å². The molecule has 0 radical (unpaired) electrons. The van der Waals surface area contributed by atoms with Crippen LogP contribution in [0.4, 0.5) is 0 Å². The molecule has 0 unspecified atom stereocenters. The van der Waals surface area contributed by atoms with Crippen LogP contribution in [-0.4, -0.2) is 48.1 Å². The molecule has 2 aliphatic heterocycles. The van der Waals surface area contributed by atoms with E-state index in [-0.39, 0.29) is 17.9 Å². The second-order valence-electron chi connectivity index (χ2n) is 8.84. The van der Waals surface area contributed by atoms with Crippen LogP contribution in [0.5, 0.6) is 23.0 Å². The Kier molecular flexibility index (Phi) is 7.22. The molecule has 196 valence electrons. The quantitative estimate of drug-likeness (QED) is 0.260. The minimum Gasteiger partial charge on any atom is -0.507 e. The molecule has 8 heteroatoms. The summed E-state index contributed by atoms with van der Waals surface area (Å²) in [4.78, 5) is 28.3. The molecule has 3 aromatic rings. The van der Waals surface area contributed by atoms with Gasteiger partial charge in [0.25, 0.3) is 11.7 Å². The molecule has 0 bridgehead atoms. The second-order valence-corrected chi connectivity index (χ2v) is 8.84. The van der Waals surface area contributed by atoms with E-state index in [2.05, 4.69) is 0 Å². The number of amides is 1. The number of ketones is 1. The Hall–Kier alpha value is -4.46. The predicted molar refractivity (Wildman–Crippen MR) is 141 cm³/mol. The van der Waals surface area contributed by atoms with Crippen molar-refractivity contribution in [3.63, 3.8) is 0 Å². The van der Waals surface area contributed by atoms with Crippen molar-refractivity contribution in [3.05, 3.63) is 89.0 Å². The van der Waals surface area contributed by atoms with Crippen LogP contribution in [0.25, 0.3) is 5.76 Å². The number of likely N-dealkylation sites (tertiary alicyclic amines) is 1. The predicted octanol–water partition coefficient (Wildman–Crippen LogP) is 4.88. The summed E-state index contributed by atoms with van der Waals surface area (Å²) < 4.78 is 22.8. The Morgan fingerprint density at radius 3 is 2.34 bits per heavy atom. The number of hydrogen-bond acceptors (Lipinski definition) is 7. The summed E-state index contributed by atoms with van der Waals surface area (Å²) in [6.45, 7) is 5.61. The van der Waals surface area contributed by atoms with Crippen molar-refractivity contribution in [1.82, 2.24) is 4.90 Å². The maximum atomic E-state index is 13.5. The lowest BCUT2D eigenvalue weighted by Crippen LogP contribution is -2.29. The van der Waals surface area contributed by atoms with Crippen molar-refractivity contribution in [2.45, 2.75) is 26.4 Å². The van der Waals surface area contributed by atoms with Crippen LogP contribution in [0.1, 0.15) is 36.6 Å². The lowest BCUT2D eigenvalue weighted by molar-refractivity contribution is -0.140. The van der Waals surface area contributed by atoms with Gasteiger partial charge in [0.2, 0.25) is 0 Å². The monoisotopic (exact) mass is 515 g/mol. The largest absolute Gasteiger partial charge is 0.507 e. The molecule has 8 nitrogen and oxygen atoms in total. The molecule has 3 aromatic carbocycles. The van der Waals surface area contributed by atoms with E-state index in [1.165, 1.54) is 4.90 Å². The van der Waals surface area contributed by atoms with Crippen molar-refractivity contribution in [2.24, 2.45) is 0 Å². The maximum Gasteiger partial charge on any atom is 0.295 e. The molecule has 0 saturated carbocycles. The van der Waals surface area contributed by atoms with E-state index < -0.39 is 17.7 Å². The molecule has 5 rings (SSSR count). The topological polar surface area (TPSA) is 94.5 Å². The third-order valence-electron chi connectivity index (χ3n) is 6.43. The molecule has 38 heavy (non-hydrogen) atoms. The van der Waals surface area contributed by atoms with Crippen LogP contribution in [0, 0.1) is 0 Å². The number of fused-ring (bicyclic) bond motifs is 1. The molecule has 1 N–H and O–H groups in total. The Morgan fingerprint density at radius 1 is 0.895 bits per heavy atom. The van der Waals surface area contributed by atoms with E-state index in [1.807, 2.05) is 44.2 Å². The van der Waals surface area contributed by atoms with E-state index in [0.29, 0.717) is 60.6 Å². The summed E-state index contributed by atoms with van der Waals surface area (Å²) in [6, 6.07) is 18.8. The minimum atomic E-state index is -0.849. The average molecular weight is 516 g/mol. The third kappa shape index (κ3) is 4.77. The highest BCUT2D eigenvalue weighted by atomic mass is 16.6. The van der Waals surface area contributed by atoms with E-state index in [9.17, 15) is 14.7 Å². The number of hydrogen-bond donors (Lipinski definition) is 1. The van der Waals surface area contributed by atoms with E-state index in [1.54, 1.807) is 36.4 Å². The molecular weight excluding hydrogens is 486 g/mol. The number of rotatable bonds is 8. The Morgan fingerprint density at radius 2 is 1.61 bits per heavy atom. The fourth-order valence-corrected chi connectivity index (χ4v) is 4.75. The van der Waals surface area contributed by atoms with Gasteiger partial charge in [-0.15, -0.1) is 0 Å². The first kappa shape index (κ1) is 25.2. The van der Waals surface area contributed by atoms with Gasteiger partial charge in [-0.1, -0.05) is 36.4 Å². The van der Waals surface area contributed by atoms with Crippen LogP contribution < -0.4 is 18.9 Å². The van der Waals surface area contributed by atoms with Gasteiger partial charge in [0.15, 0.2) is 23.0 Å². The zero-order chi connectivity index (χ0) is 26.6. The highest BCUT2D eigenvalue weighted by Gasteiger charge is 2.46.